The summed E-state index contributed by atoms with van der Waals surface area (Å²) >= 11 is 1.61. The van der Waals surface area contributed by atoms with Crippen LogP contribution in [0.3, 0.4) is 0 Å². The average Bonchev–Trinajstić information content (AvgIpc) is 2.67. The molecule has 1 atom stereocenters. The first kappa shape index (κ1) is 16.3. The molecule has 0 N–H and O–H groups in total. The SMILES string of the molecule is CCOC(=O)c1nc(N2CCCC(C(C)C)CC2)sc1C. The van der Waals surface area contributed by atoms with Gasteiger partial charge in [-0.15, -0.1) is 11.3 Å². The molecule has 0 radical (unpaired) electrons. The van der Waals surface area contributed by atoms with Gasteiger partial charge >= 0.3 is 5.97 Å². The highest BCUT2D eigenvalue weighted by Gasteiger charge is 2.23. The fourth-order valence-electron chi connectivity index (χ4n) is 2.89. The van der Waals surface area contributed by atoms with E-state index in [4.69, 9.17) is 4.74 Å². The Morgan fingerprint density at radius 2 is 2.19 bits per heavy atom. The molecule has 118 valence electrons. The quantitative estimate of drug-likeness (QED) is 0.791. The monoisotopic (exact) mass is 310 g/mol. The number of esters is 1. The molecule has 1 saturated heterocycles. The summed E-state index contributed by atoms with van der Waals surface area (Å²) in [6.07, 6.45) is 3.71. The molecular weight excluding hydrogens is 284 g/mol. The average molecular weight is 310 g/mol. The van der Waals surface area contributed by atoms with Crippen molar-refractivity contribution in [2.75, 3.05) is 24.6 Å². The highest BCUT2D eigenvalue weighted by Crippen LogP contribution is 2.31. The van der Waals surface area contributed by atoms with E-state index in [-0.39, 0.29) is 5.97 Å². The minimum absolute atomic E-state index is 0.299. The van der Waals surface area contributed by atoms with Crippen molar-refractivity contribution in [2.45, 2.75) is 47.0 Å². The summed E-state index contributed by atoms with van der Waals surface area (Å²) in [5.41, 5.74) is 0.488. The molecule has 21 heavy (non-hydrogen) atoms. The Morgan fingerprint density at radius 3 is 2.86 bits per heavy atom. The lowest BCUT2D eigenvalue weighted by atomic mass is 9.89. The Balaban J connectivity index is 2.08. The standard InChI is InChI=1S/C16H26N2O2S/c1-5-20-15(19)14-12(4)21-16(17-14)18-9-6-7-13(8-10-18)11(2)3/h11,13H,5-10H2,1-4H3. The van der Waals surface area contributed by atoms with Crippen molar-refractivity contribution >= 4 is 22.4 Å². The number of hydrogen-bond acceptors (Lipinski definition) is 5. The predicted molar refractivity (Wildman–Crippen MR) is 87.2 cm³/mol. The van der Waals surface area contributed by atoms with Crippen molar-refractivity contribution in [3.8, 4) is 0 Å². The number of anilines is 1. The number of aromatic nitrogens is 1. The summed E-state index contributed by atoms with van der Waals surface area (Å²) in [7, 11) is 0. The number of hydrogen-bond donors (Lipinski definition) is 0. The fraction of sp³-hybridized carbons (Fsp3) is 0.750. The van der Waals surface area contributed by atoms with Gasteiger partial charge in [-0.2, -0.15) is 0 Å². The molecule has 0 aromatic carbocycles. The lowest BCUT2D eigenvalue weighted by molar-refractivity contribution is 0.0519. The number of nitrogens with zero attached hydrogens (tertiary/aromatic N) is 2. The number of aryl methyl sites for hydroxylation is 1. The Labute approximate surface area is 131 Å². The second kappa shape index (κ2) is 7.25. The molecule has 2 rings (SSSR count). The maximum Gasteiger partial charge on any atom is 0.358 e. The molecule has 0 saturated carbocycles. The second-order valence-electron chi connectivity index (χ2n) is 6.04. The zero-order valence-corrected chi connectivity index (χ0v) is 14.3. The van der Waals surface area contributed by atoms with E-state index < -0.39 is 0 Å². The van der Waals surface area contributed by atoms with Crippen molar-refractivity contribution in [3.63, 3.8) is 0 Å². The van der Waals surface area contributed by atoms with Crippen molar-refractivity contribution in [2.24, 2.45) is 11.8 Å². The smallest absolute Gasteiger partial charge is 0.358 e. The van der Waals surface area contributed by atoms with Gasteiger partial charge in [0.05, 0.1) is 6.61 Å². The molecule has 5 heteroatoms. The third-order valence-electron chi connectivity index (χ3n) is 4.24. The van der Waals surface area contributed by atoms with Crippen LogP contribution in [0, 0.1) is 18.8 Å². The maximum atomic E-state index is 11.9. The van der Waals surface area contributed by atoms with Crippen LogP contribution in [0.1, 0.15) is 55.4 Å². The molecule has 1 aromatic rings. The third-order valence-corrected chi connectivity index (χ3v) is 5.27. The minimum Gasteiger partial charge on any atom is -0.461 e. The van der Waals surface area contributed by atoms with Crippen LogP contribution in [0.2, 0.25) is 0 Å². The van der Waals surface area contributed by atoms with E-state index in [0.29, 0.717) is 12.3 Å². The van der Waals surface area contributed by atoms with Gasteiger partial charge in [-0.05, 0) is 44.9 Å². The molecule has 1 aromatic heterocycles. The van der Waals surface area contributed by atoms with E-state index in [1.807, 2.05) is 13.8 Å². The molecule has 1 aliphatic rings. The van der Waals surface area contributed by atoms with Crippen LogP contribution in [0.4, 0.5) is 5.13 Å². The van der Waals surface area contributed by atoms with Crippen molar-refractivity contribution in [1.82, 2.24) is 4.98 Å². The van der Waals surface area contributed by atoms with Crippen LogP contribution in [0.5, 0.6) is 0 Å². The van der Waals surface area contributed by atoms with Crippen LogP contribution in [-0.4, -0.2) is 30.6 Å². The molecule has 2 heterocycles. The number of carbonyl (C=O) groups is 1. The van der Waals surface area contributed by atoms with E-state index >= 15 is 0 Å². The summed E-state index contributed by atoms with van der Waals surface area (Å²) in [6.45, 7) is 10.9. The first-order valence-corrected chi connectivity index (χ1v) is 8.74. The molecule has 0 aliphatic carbocycles. The van der Waals surface area contributed by atoms with Gasteiger partial charge in [-0.3, -0.25) is 0 Å². The summed E-state index contributed by atoms with van der Waals surface area (Å²) in [5, 5.41) is 0.972. The largest absolute Gasteiger partial charge is 0.461 e. The molecule has 1 aliphatic heterocycles. The maximum absolute atomic E-state index is 11.9. The van der Waals surface area contributed by atoms with E-state index in [0.717, 1.165) is 34.9 Å². The third kappa shape index (κ3) is 3.96. The van der Waals surface area contributed by atoms with E-state index in [1.165, 1.54) is 19.3 Å². The highest BCUT2D eigenvalue weighted by molar-refractivity contribution is 7.15. The zero-order valence-electron chi connectivity index (χ0n) is 13.5. The lowest BCUT2D eigenvalue weighted by Crippen LogP contribution is -2.24. The van der Waals surface area contributed by atoms with E-state index in [1.54, 1.807) is 11.3 Å². The first-order valence-electron chi connectivity index (χ1n) is 7.92. The lowest BCUT2D eigenvalue weighted by Gasteiger charge is -2.20. The molecule has 0 spiro atoms. The first-order chi connectivity index (χ1) is 10.0. The van der Waals surface area contributed by atoms with Crippen LogP contribution in [0.25, 0.3) is 0 Å². The highest BCUT2D eigenvalue weighted by atomic mass is 32.1. The van der Waals surface area contributed by atoms with E-state index in [9.17, 15) is 4.79 Å². The Bertz CT molecular complexity index is 485. The topological polar surface area (TPSA) is 42.4 Å². The number of carbonyl (C=O) groups excluding carboxylic acids is 1. The van der Waals surface area contributed by atoms with Gasteiger partial charge in [-0.1, -0.05) is 13.8 Å². The van der Waals surface area contributed by atoms with Crippen molar-refractivity contribution in [1.29, 1.82) is 0 Å². The normalized spacial score (nSPS) is 19.7. The summed E-state index contributed by atoms with van der Waals surface area (Å²) in [4.78, 5) is 19.7. The van der Waals surface area contributed by atoms with Crippen molar-refractivity contribution in [3.05, 3.63) is 10.6 Å². The number of thiazole rings is 1. The fourth-order valence-corrected chi connectivity index (χ4v) is 3.83. The number of rotatable bonds is 4. The van der Waals surface area contributed by atoms with Crippen LogP contribution in [-0.2, 0) is 4.74 Å². The zero-order chi connectivity index (χ0) is 15.4. The van der Waals surface area contributed by atoms with Crippen molar-refractivity contribution < 1.29 is 9.53 Å². The minimum atomic E-state index is -0.299. The van der Waals surface area contributed by atoms with Gasteiger partial charge in [0.1, 0.15) is 0 Å². The predicted octanol–water partition coefficient (Wildman–Crippen LogP) is 3.89. The van der Waals surface area contributed by atoms with E-state index in [2.05, 4.69) is 23.7 Å². The molecule has 1 unspecified atom stereocenters. The second-order valence-corrected chi connectivity index (χ2v) is 7.23. The molecule has 1 fully saturated rings. The van der Waals surface area contributed by atoms with Gasteiger partial charge in [-0.25, -0.2) is 9.78 Å². The molecular formula is C16H26N2O2S. The van der Waals surface area contributed by atoms with Gasteiger partial charge < -0.3 is 9.64 Å². The van der Waals surface area contributed by atoms with Crippen LogP contribution in [0.15, 0.2) is 0 Å². The van der Waals surface area contributed by atoms with Gasteiger partial charge in [0, 0.05) is 18.0 Å². The van der Waals surface area contributed by atoms with Crippen LogP contribution >= 0.6 is 11.3 Å². The molecule has 0 bridgehead atoms. The Morgan fingerprint density at radius 1 is 1.43 bits per heavy atom. The molecule has 0 amide bonds. The number of ether oxygens (including phenoxy) is 1. The van der Waals surface area contributed by atoms with Crippen LogP contribution < -0.4 is 4.90 Å². The molecule has 4 nitrogen and oxygen atoms in total. The van der Waals surface area contributed by atoms with Gasteiger partial charge in [0.2, 0.25) is 0 Å². The summed E-state index contributed by atoms with van der Waals surface area (Å²) < 4.78 is 5.07. The summed E-state index contributed by atoms with van der Waals surface area (Å²) in [5.74, 6) is 1.26. The van der Waals surface area contributed by atoms with Gasteiger partial charge in [0.25, 0.3) is 0 Å². The Hall–Kier alpha value is -1.10. The van der Waals surface area contributed by atoms with Gasteiger partial charge in [0.15, 0.2) is 10.8 Å². The summed E-state index contributed by atoms with van der Waals surface area (Å²) in [6, 6.07) is 0. The Kier molecular flexibility index (Phi) is 5.62.